The van der Waals surface area contributed by atoms with E-state index in [2.05, 4.69) is 20.7 Å². The monoisotopic (exact) mass is 354 g/mol. The molecule has 106 valence electrons. The molecule has 0 aliphatic carbocycles. The molecule has 9 heteroatoms. The van der Waals surface area contributed by atoms with E-state index in [-0.39, 0.29) is 10.2 Å². The molecule has 0 aliphatic heterocycles. The van der Waals surface area contributed by atoms with Crippen molar-refractivity contribution in [3.8, 4) is 0 Å². The van der Waals surface area contributed by atoms with Gasteiger partial charge in [-0.3, -0.25) is 4.79 Å². The van der Waals surface area contributed by atoms with Gasteiger partial charge in [-0.05, 0) is 35.0 Å². The number of ether oxygens (including phenoxy) is 1. The molecule has 0 heterocycles. The smallest absolute Gasteiger partial charge is 0.323 e. The Hall–Kier alpha value is -1.19. The van der Waals surface area contributed by atoms with Gasteiger partial charge in [0.05, 0.1) is 7.11 Å². The predicted molar refractivity (Wildman–Crippen MR) is 70.3 cm³/mol. The van der Waals surface area contributed by atoms with Crippen molar-refractivity contribution >= 4 is 37.6 Å². The van der Waals surface area contributed by atoms with Crippen LogP contribution in [0.5, 0.6) is 0 Å². The number of carbonyl (C=O) groups is 1. The van der Waals surface area contributed by atoms with Gasteiger partial charge < -0.3 is 10.5 Å². The number of nitrogen functional groups attached to an aromatic ring is 1. The van der Waals surface area contributed by atoms with Crippen molar-refractivity contribution in [2.24, 2.45) is 0 Å². The summed E-state index contributed by atoms with van der Waals surface area (Å²) in [6, 6.07) is 0.762. The SMILES string of the molecule is COC(=O)C(C)NS(=O)(=O)c1cc(N)c(Br)cc1F. The number of carbonyl (C=O) groups excluding carboxylic acids is 1. The summed E-state index contributed by atoms with van der Waals surface area (Å²) in [5, 5.41) is 0. The molecule has 1 aromatic rings. The molecule has 3 N–H and O–H groups in total. The zero-order valence-electron chi connectivity index (χ0n) is 10.1. The van der Waals surface area contributed by atoms with Gasteiger partial charge in [0.2, 0.25) is 10.0 Å². The number of benzene rings is 1. The van der Waals surface area contributed by atoms with Crippen LogP contribution in [0.1, 0.15) is 6.92 Å². The van der Waals surface area contributed by atoms with E-state index in [4.69, 9.17) is 5.73 Å². The molecule has 0 aliphatic rings. The molecule has 0 fully saturated rings. The van der Waals surface area contributed by atoms with Gasteiger partial charge in [-0.2, -0.15) is 4.72 Å². The van der Waals surface area contributed by atoms with Crippen LogP contribution in [-0.2, 0) is 19.6 Å². The van der Waals surface area contributed by atoms with E-state index in [1.165, 1.54) is 6.92 Å². The van der Waals surface area contributed by atoms with Crippen LogP contribution < -0.4 is 10.5 Å². The number of anilines is 1. The molecule has 6 nitrogen and oxygen atoms in total. The summed E-state index contributed by atoms with van der Waals surface area (Å²) in [6.45, 7) is 1.28. The van der Waals surface area contributed by atoms with Crippen molar-refractivity contribution in [2.75, 3.05) is 12.8 Å². The van der Waals surface area contributed by atoms with E-state index < -0.39 is 32.7 Å². The Balaban J connectivity index is 3.14. The van der Waals surface area contributed by atoms with E-state index in [1.807, 2.05) is 4.72 Å². The molecule has 0 aromatic heterocycles. The number of sulfonamides is 1. The Labute approximate surface area is 118 Å². The number of hydrogen-bond donors (Lipinski definition) is 2. The van der Waals surface area contributed by atoms with Crippen LogP contribution in [0.3, 0.4) is 0 Å². The molecule has 1 aromatic carbocycles. The molecule has 1 unspecified atom stereocenters. The van der Waals surface area contributed by atoms with Gasteiger partial charge in [0.15, 0.2) is 0 Å². The van der Waals surface area contributed by atoms with E-state index in [1.54, 1.807) is 0 Å². The molecule has 0 saturated heterocycles. The first kappa shape index (κ1) is 15.9. The lowest BCUT2D eigenvalue weighted by molar-refractivity contribution is -0.142. The van der Waals surface area contributed by atoms with Crippen molar-refractivity contribution < 1.29 is 22.3 Å². The number of nitrogens with one attached hydrogen (secondary N) is 1. The first-order chi connectivity index (χ1) is 8.69. The summed E-state index contributed by atoms with van der Waals surface area (Å²) >= 11 is 2.98. The number of halogens is 2. The third kappa shape index (κ3) is 3.64. The molecule has 19 heavy (non-hydrogen) atoms. The number of methoxy groups -OCH3 is 1. The van der Waals surface area contributed by atoms with Crippen molar-refractivity contribution in [1.29, 1.82) is 0 Å². The molecular formula is C10H12BrFN2O4S. The largest absolute Gasteiger partial charge is 0.468 e. The summed E-state index contributed by atoms with van der Waals surface area (Å²) in [6.07, 6.45) is 0. The minimum absolute atomic E-state index is 0.0625. The van der Waals surface area contributed by atoms with Crippen LogP contribution in [0.2, 0.25) is 0 Å². The molecule has 0 saturated carbocycles. The topological polar surface area (TPSA) is 98.5 Å². The Kier molecular flexibility index (Phi) is 4.88. The highest BCUT2D eigenvalue weighted by molar-refractivity contribution is 9.10. The van der Waals surface area contributed by atoms with Crippen LogP contribution in [0.15, 0.2) is 21.5 Å². The number of rotatable bonds is 4. The number of esters is 1. The van der Waals surface area contributed by atoms with Crippen molar-refractivity contribution in [3.05, 3.63) is 22.4 Å². The third-order valence-electron chi connectivity index (χ3n) is 2.23. The summed E-state index contributed by atoms with van der Waals surface area (Å²) < 4.78 is 44.1. The van der Waals surface area contributed by atoms with Crippen LogP contribution >= 0.6 is 15.9 Å². The minimum atomic E-state index is -4.21. The fourth-order valence-corrected chi connectivity index (χ4v) is 2.87. The average molecular weight is 355 g/mol. The van der Waals surface area contributed by atoms with Crippen molar-refractivity contribution in [1.82, 2.24) is 4.72 Å². The van der Waals surface area contributed by atoms with Gasteiger partial charge in [-0.1, -0.05) is 0 Å². The Morgan fingerprint density at radius 1 is 1.53 bits per heavy atom. The fourth-order valence-electron chi connectivity index (χ4n) is 1.27. The van der Waals surface area contributed by atoms with E-state index in [9.17, 15) is 17.6 Å². The first-order valence-corrected chi connectivity index (χ1v) is 7.31. The highest BCUT2D eigenvalue weighted by atomic mass is 79.9. The summed E-state index contributed by atoms with van der Waals surface area (Å²) in [4.78, 5) is 10.5. The highest BCUT2D eigenvalue weighted by Crippen LogP contribution is 2.26. The van der Waals surface area contributed by atoms with Crippen molar-refractivity contribution in [2.45, 2.75) is 17.9 Å². The normalized spacial score (nSPS) is 13.1. The van der Waals surface area contributed by atoms with Gasteiger partial charge in [-0.15, -0.1) is 0 Å². The molecule has 0 spiro atoms. The van der Waals surface area contributed by atoms with Gasteiger partial charge in [-0.25, -0.2) is 12.8 Å². The van der Waals surface area contributed by atoms with Gasteiger partial charge in [0.1, 0.15) is 16.8 Å². The van der Waals surface area contributed by atoms with Crippen LogP contribution in [0, 0.1) is 5.82 Å². The second-order valence-corrected chi connectivity index (χ2v) is 6.21. The molecule has 0 radical (unpaired) electrons. The van der Waals surface area contributed by atoms with Crippen LogP contribution in [-0.4, -0.2) is 27.5 Å². The van der Waals surface area contributed by atoms with E-state index in [0.717, 1.165) is 19.2 Å². The summed E-state index contributed by atoms with van der Waals surface area (Å²) in [7, 11) is -3.09. The molecule has 0 bridgehead atoms. The average Bonchev–Trinajstić information content (AvgIpc) is 2.31. The minimum Gasteiger partial charge on any atom is -0.468 e. The standard InChI is InChI=1S/C10H12BrFN2O4S/c1-5(10(15)18-2)14-19(16,17)9-4-8(13)6(11)3-7(9)12/h3-5,14H,13H2,1-2H3. The lowest BCUT2D eigenvalue weighted by Gasteiger charge is -2.13. The Morgan fingerprint density at radius 3 is 2.63 bits per heavy atom. The van der Waals surface area contributed by atoms with Gasteiger partial charge in [0.25, 0.3) is 0 Å². The van der Waals surface area contributed by atoms with Gasteiger partial charge >= 0.3 is 5.97 Å². The molecule has 0 amide bonds. The lowest BCUT2D eigenvalue weighted by Crippen LogP contribution is -2.39. The Bertz CT molecular complexity index is 606. The van der Waals surface area contributed by atoms with E-state index in [0.29, 0.717) is 0 Å². The number of nitrogens with two attached hydrogens (primary N) is 1. The Morgan fingerprint density at radius 2 is 2.11 bits per heavy atom. The summed E-state index contributed by atoms with van der Waals surface area (Å²) in [5.41, 5.74) is 5.57. The molecule has 1 atom stereocenters. The number of hydrogen-bond acceptors (Lipinski definition) is 5. The molecule has 1 rings (SSSR count). The second kappa shape index (κ2) is 5.85. The maximum absolute atomic E-state index is 13.6. The van der Waals surface area contributed by atoms with Gasteiger partial charge in [0, 0.05) is 10.2 Å². The maximum Gasteiger partial charge on any atom is 0.323 e. The van der Waals surface area contributed by atoms with Crippen LogP contribution in [0.4, 0.5) is 10.1 Å². The van der Waals surface area contributed by atoms with E-state index >= 15 is 0 Å². The van der Waals surface area contributed by atoms with Crippen LogP contribution in [0.25, 0.3) is 0 Å². The zero-order valence-corrected chi connectivity index (χ0v) is 12.5. The maximum atomic E-state index is 13.6. The quantitative estimate of drug-likeness (QED) is 0.621. The van der Waals surface area contributed by atoms with Crippen molar-refractivity contribution in [3.63, 3.8) is 0 Å². The first-order valence-electron chi connectivity index (χ1n) is 5.03. The lowest BCUT2D eigenvalue weighted by atomic mass is 10.3. The summed E-state index contributed by atoms with van der Waals surface area (Å²) in [5.74, 6) is -1.76. The second-order valence-electron chi connectivity index (χ2n) is 3.67. The fraction of sp³-hybridized carbons (Fsp3) is 0.300. The predicted octanol–water partition coefficient (Wildman–Crippen LogP) is 1.01. The molecular weight excluding hydrogens is 343 g/mol. The highest BCUT2D eigenvalue weighted by Gasteiger charge is 2.26. The third-order valence-corrected chi connectivity index (χ3v) is 4.47. The zero-order chi connectivity index (χ0) is 14.8.